The summed E-state index contributed by atoms with van der Waals surface area (Å²) in [5, 5.41) is 8.26. The maximum absolute atomic E-state index is 11.5. The van der Waals surface area contributed by atoms with E-state index in [1.54, 1.807) is 0 Å². The number of carbonyl (C=O) groups excluding carboxylic acids is 2. The fourth-order valence-electron chi connectivity index (χ4n) is 1.15. The first kappa shape index (κ1) is 14.3. The van der Waals surface area contributed by atoms with Crippen molar-refractivity contribution < 1.29 is 14.3 Å². The molecule has 0 radical (unpaired) electrons. The molecule has 4 nitrogen and oxygen atoms in total. The molecule has 0 aromatic heterocycles. The van der Waals surface area contributed by atoms with Gasteiger partial charge in [-0.1, -0.05) is 18.2 Å². The van der Waals surface area contributed by atoms with Crippen molar-refractivity contribution in [3.8, 4) is 6.07 Å². The van der Waals surface area contributed by atoms with Crippen molar-refractivity contribution in [3.63, 3.8) is 0 Å². The third kappa shape index (κ3) is 6.06. The summed E-state index contributed by atoms with van der Waals surface area (Å²) in [6.07, 6.45) is -0.0794. The number of nitriles is 1. The molecule has 0 aliphatic heterocycles. The number of hydrogen-bond acceptors (Lipinski definition) is 5. The summed E-state index contributed by atoms with van der Waals surface area (Å²) in [4.78, 5) is 23.6. The van der Waals surface area contributed by atoms with E-state index in [0.717, 1.165) is 4.90 Å². The van der Waals surface area contributed by atoms with Gasteiger partial charge in [-0.05, 0) is 12.1 Å². The number of Topliss-reactive ketones (excluding diaryl/α,β-unsaturated/α-hetero) is 1. The Labute approximate surface area is 110 Å². The molecule has 0 N–H and O–H groups in total. The van der Waals surface area contributed by atoms with Crippen molar-refractivity contribution in [2.45, 2.75) is 17.7 Å². The quantitative estimate of drug-likeness (QED) is 0.326. The third-order valence-electron chi connectivity index (χ3n) is 1.96. The van der Waals surface area contributed by atoms with Crippen LogP contribution in [0, 0.1) is 11.3 Å². The fraction of sp³-hybridized carbons (Fsp3) is 0.308. The molecule has 0 aliphatic carbocycles. The Balaban J connectivity index is 2.22. The van der Waals surface area contributed by atoms with Crippen LogP contribution in [0.1, 0.15) is 12.8 Å². The van der Waals surface area contributed by atoms with E-state index in [-0.39, 0.29) is 31.0 Å². The van der Waals surface area contributed by atoms with Gasteiger partial charge < -0.3 is 4.74 Å². The van der Waals surface area contributed by atoms with E-state index in [1.807, 2.05) is 36.4 Å². The Morgan fingerprint density at radius 2 is 2.00 bits per heavy atom. The fourth-order valence-corrected chi connectivity index (χ4v) is 1.93. The second kappa shape index (κ2) is 8.31. The van der Waals surface area contributed by atoms with E-state index < -0.39 is 5.97 Å². The van der Waals surface area contributed by atoms with E-state index in [9.17, 15) is 9.59 Å². The summed E-state index contributed by atoms with van der Waals surface area (Å²) in [6, 6.07) is 11.4. The van der Waals surface area contributed by atoms with Crippen LogP contribution in [0.3, 0.4) is 0 Å². The Bertz CT molecular complexity index is 439. The van der Waals surface area contributed by atoms with Gasteiger partial charge in [-0.25, -0.2) is 0 Å². The molecule has 0 heterocycles. The number of ketones is 1. The molecule has 1 rings (SSSR count). The molecule has 0 unspecified atom stereocenters. The van der Waals surface area contributed by atoms with Crippen LogP contribution in [0.4, 0.5) is 0 Å². The Morgan fingerprint density at radius 1 is 1.28 bits per heavy atom. The summed E-state index contributed by atoms with van der Waals surface area (Å²) >= 11 is 1.39. The van der Waals surface area contributed by atoms with Crippen LogP contribution in [0.2, 0.25) is 0 Å². The standard InChI is InChI=1S/C13H13NO3S/c14-7-4-8-17-13(16)9-11(15)10-18-12-5-2-1-3-6-12/h1-3,5-6H,4,8-10H2. The van der Waals surface area contributed by atoms with Gasteiger partial charge >= 0.3 is 5.97 Å². The number of thioether (sulfide) groups is 1. The van der Waals surface area contributed by atoms with E-state index in [0.29, 0.717) is 0 Å². The maximum atomic E-state index is 11.5. The highest BCUT2D eigenvalue weighted by Crippen LogP contribution is 2.17. The second-order valence-corrected chi connectivity index (χ2v) is 4.49. The minimum Gasteiger partial charge on any atom is -0.464 e. The molecule has 0 atom stereocenters. The predicted molar refractivity (Wildman–Crippen MR) is 68.0 cm³/mol. The molecule has 5 heteroatoms. The van der Waals surface area contributed by atoms with Crippen molar-refractivity contribution in [1.29, 1.82) is 5.26 Å². The molecule has 0 aliphatic rings. The molecule has 0 saturated heterocycles. The van der Waals surface area contributed by atoms with Gasteiger partial charge in [-0.3, -0.25) is 9.59 Å². The highest BCUT2D eigenvalue weighted by atomic mass is 32.2. The molecule has 0 fully saturated rings. The first-order chi connectivity index (χ1) is 8.72. The summed E-state index contributed by atoms with van der Waals surface area (Å²) in [5.74, 6) is -0.494. The first-order valence-corrected chi connectivity index (χ1v) is 6.43. The lowest BCUT2D eigenvalue weighted by Gasteiger charge is -2.02. The third-order valence-corrected chi connectivity index (χ3v) is 3.03. The Hall–Kier alpha value is -1.80. The van der Waals surface area contributed by atoms with Gasteiger partial charge in [-0.2, -0.15) is 5.26 Å². The molecule has 1 aromatic rings. The zero-order valence-corrected chi connectivity index (χ0v) is 10.6. The number of carbonyl (C=O) groups is 2. The second-order valence-electron chi connectivity index (χ2n) is 3.45. The molecule has 0 saturated carbocycles. The topological polar surface area (TPSA) is 67.2 Å². The summed E-state index contributed by atoms with van der Waals surface area (Å²) in [7, 11) is 0. The number of rotatable bonds is 7. The van der Waals surface area contributed by atoms with Crippen molar-refractivity contribution in [2.75, 3.05) is 12.4 Å². The number of ether oxygens (including phenoxy) is 1. The molecule has 0 bridgehead atoms. The van der Waals surface area contributed by atoms with Gasteiger partial charge in [0.1, 0.15) is 13.0 Å². The largest absolute Gasteiger partial charge is 0.464 e. The van der Waals surface area contributed by atoms with E-state index in [4.69, 9.17) is 10.00 Å². The molecular weight excluding hydrogens is 250 g/mol. The summed E-state index contributed by atoms with van der Waals surface area (Å²) in [5.41, 5.74) is 0. The lowest BCUT2D eigenvalue weighted by atomic mass is 10.3. The Kier molecular flexibility index (Phi) is 6.59. The van der Waals surface area contributed by atoms with Crippen LogP contribution < -0.4 is 0 Å². The zero-order chi connectivity index (χ0) is 13.2. The predicted octanol–water partition coefficient (Wildman–Crippen LogP) is 2.19. The highest BCUT2D eigenvalue weighted by Gasteiger charge is 2.10. The summed E-state index contributed by atoms with van der Waals surface area (Å²) in [6.45, 7) is 0.0500. The molecule has 94 valence electrons. The van der Waals surface area contributed by atoms with Crippen LogP contribution in [0.25, 0.3) is 0 Å². The Morgan fingerprint density at radius 3 is 2.67 bits per heavy atom. The van der Waals surface area contributed by atoms with Gasteiger partial charge in [0.25, 0.3) is 0 Å². The molecule has 18 heavy (non-hydrogen) atoms. The van der Waals surface area contributed by atoms with E-state index in [1.165, 1.54) is 11.8 Å². The van der Waals surface area contributed by atoms with Gasteiger partial charge in [0.15, 0.2) is 5.78 Å². The number of hydrogen-bond donors (Lipinski definition) is 0. The average molecular weight is 263 g/mol. The van der Waals surface area contributed by atoms with Crippen molar-refractivity contribution in [3.05, 3.63) is 30.3 Å². The minimum atomic E-state index is -0.566. The van der Waals surface area contributed by atoms with E-state index in [2.05, 4.69) is 0 Å². The first-order valence-electron chi connectivity index (χ1n) is 5.44. The molecule has 0 spiro atoms. The minimum absolute atomic E-state index is 0.0500. The van der Waals surface area contributed by atoms with Crippen LogP contribution in [0.15, 0.2) is 35.2 Å². The van der Waals surface area contributed by atoms with Crippen LogP contribution >= 0.6 is 11.8 Å². The molecule has 0 amide bonds. The van der Waals surface area contributed by atoms with Crippen LogP contribution in [-0.4, -0.2) is 24.1 Å². The molecule has 1 aromatic carbocycles. The highest BCUT2D eigenvalue weighted by molar-refractivity contribution is 8.00. The zero-order valence-electron chi connectivity index (χ0n) is 9.80. The van der Waals surface area contributed by atoms with E-state index >= 15 is 0 Å². The SMILES string of the molecule is N#CCCOC(=O)CC(=O)CSc1ccccc1. The normalized spacial score (nSPS) is 9.50. The summed E-state index contributed by atoms with van der Waals surface area (Å²) < 4.78 is 4.71. The van der Waals surface area contributed by atoms with Crippen LogP contribution in [-0.2, 0) is 14.3 Å². The lowest BCUT2D eigenvalue weighted by molar-refractivity contribution is -0.145. The van der Waals surface area contributed by atoms with Gasteiger partial charge in [-0.15, -0.1) is 11.8 Å². The van der Waals surface area contributed by atoms with Crippen molar-refractivity contribution in [1.82, 2.24) is 0 Å². The monoisotopic (exact) mass is 263 g/mol. The lowest BCUT2D eigenvalue weighted by Crippen LogP contribution is -2.13. The van der Waals surface area contributed by atoms with Crippen molar-refractivity contribution in [2.24, 2.45) is 0 Å². The average Bonchev–Trinajstić information content (AvgIpc) is 2.38. The number of benzene rings is 1. The number of esters is 1. The van der Waals surface area contributed by atoms with Gasteiger partial charge in [0, 0.05) is 4.90 Å². The smallest absolute Gasteiger partial charge is 0.313 e. The molecular formula is C13H13NO3S. The van der Waals surface area contributed by atoms with Gasteiger partial charge in [0.05, 0.1) is 18.2 Å². The van der Waals surface area contributed by atoms with Crippen LogP contribution in [0.5, 0.6) is 0 Å². The number of nitrogens with zero attached hydrogens (tertiary/aromatic N) is 1. The maximum Gasteiger partial charge on any atom is 0.313 e. The van der Waals surface area contributed by atoms with Crippen molar-refractivity contribution >= 4 is 23.5 Å². The van der Waals surface area contributed by atoms with Gasteiger partial charge in [0.2, 0.25) is 0 Å².